The fraction of sp³-hybridized carbons (Fsp3) is 0.611. The summed E-state index contributed by atoms with van der Waals surface area (Å²) in [4.78, 5) is 14.4. The first-order valence-electron chi connectivity index (χ1n) is 8.23. The Labute approximate surface area is 147 Å². The Kier molecular flexibility index (Phi) is 6.09. The zero-order valence-electron chi connectivity index (χ0n) is 14.4. The molecular weight excluding hydrogens is 356 g/mol. The van der Waals surface area contributed by atoms with E-state index < -0.39 is 5.60 Å². The molecule has 2 unspecified atom stereocenters. The van der Waals surface area contributed by atoms with Crippen molar-refractivity contribution in [2.45, 2.75) is 58.2 Å². The van der Waals surface area contributed by atoms with Crippen LogP contribution in [0.15, 0.2) is 28.7 Å². The normalized spacial score (nSPS) is 20.8. The SMILES string of the molecule is CC(c1cccc(Br)c1)N1CCCC(NC(=O)OC(C)(C)C)C1. The smallest absolute Gasteiger partial charge is 0.407 e. The third kappa shape index (κ3) is 5.81. The predicted molar refractivity (Wildman–Crippen MR) is 96.5 cm³/mol. The first kappa shape index (κ1) is 18.3. The number of hydrogen-bond donors (Lipinski definition) is 1. The molecule has 1 fully saturated rings. The van der Waals surface area contributed by atoms with E-state index >= 15 is 0 Å². The molecule has 1 heterocycles. The molecule has 0 aliphatic carbocycles. The molecule has 1 aliphatic heterocycles. The van der Waals surface area contributed by atoms with Crippen LogP contribution in [-0.4, -0.2) is 35.7 Å². The van der Waals surface area contributed by atoms with Gasteiger partial charge in [0.05, 0.1) is 0 Å². The van der Waals surface area contributed by atoms with E-state index in [4.69, 9.17) is 4.74 Å². The third-order valence-electron chi connectivity index (χ3n) is 4.05. The van der Waals surface area contributed by atoms with Crippen LogP contribution in [0.4, 0.5) is 4.79 Å². The molecule has 128 valence electrons. The minimum atomic E-state index is -0.456. The summed E-state index contributed by atoms with van der Waals surface area (Å²) in [5.41, 5.74) is 0.833. The minimum absolute atomic E-state index is 0.146. The van der Waals surface area contributed by atoms with Crippen molar-refractivity contribution in [1.29, 1.82) is 0 Å². The number of rotatable bonds is 3. The molecule has 0 radical (unpaired) electrons. The van der Waals surface area contributed by atoms with E-state index in [0.717, 1.165) is 30.4 Å². The number of nitrogens with one attached hydrogen (secondary N) is 1. The number of amides is 1. The van der Waals surface area contributed by atoms with Crippen LogP contribution in [-0.2, 0) is 4.74 Å². The van der Waals surface area contributed by atoms with Crippen molar-refractivity contribution >= 4 is 22.0 Å². The van der Waals surface area contributed by atoms with Gasteiger partial charge >= 0.3 is 6.09 Å². The summed E-state index contributed by atoms with van der Waals surface area (Å²) in [6.45, 7) is 9.78. The van der Waals surface area contributed by atoms with Crippen molar-refractivity contribution in [3.05, 3.63) is 34.3 Å². The zero-order chi connectivity index (χ0) is 17.0. The molecule has 1 aliphatic rings. The number of hydrogen-bond acceptors (Lipinski definition) is 3. The van der Waals surface area contributed by atoms with Crippen LogP contribution in [0.1, 0.15) is 52.1 Å². The maximum absolute atomic E-state index is 12.0. The number of ether oxygens (including phenoxy) is 1. The first-order valence-corrected chi connectivity index (χ1v) is 9.03. The van der Waals surface area contributed by atoms with Gasteiger partial charge in [0.15, 0.2) is 0 Å². The summed E-state index contributed by atoms with van der Waals surface area (Å²) in [5.74, 6) is 0. The van der Waals surface area contributed by atoms with Gasteiger partial charge in [0.1, 0.15) is 5.60 Å². The Morgan fingerprint density at radius 1 is 1.43 bits per heavy atom. The number of halogens is 1. The van der Waals surface area contributed by atoms with Crippen LogP contribution in [0.3, 0.4) is 0 Å². The molecule has 0 aromatic heterocycles. The van der Waals surface area contributed by atoms with Gasteiger partial charge in [-0.15, -0.1) is 0 Å². The number of benzene rings is 1. The molecule has 1 N–H and O–H groups in total. The van der Waals surface area contributed by atoms with Crippen LogP contribution < -0.4 is 5.32 Å². The summed E-state index contributed by atoms with van der Waals surface area (Å²) in [7, 11) is 0. The Bertz CT molecular complexity index is 542. The Morgan fingerprint density at radius 2 is 2.17 bits per heavy atom. The molecule has 1 aromatic carbocycles. The summed E-state index contributed by atoms with van der Waals surface area (Å²) >= 11 is 3.53. The topological polar surface area (TPSA) is 41.6 Å². The van der Waals surface area contributed by atoms with Crippen molar-refractivity contribution in [3.8, 4) is 0 Å². The van der Waals surface area contributed by atoms with Crippen LogP contribution >= 0.6 is 15.9 Å². The molecule has 0 bridgehead atoms. The van der Waals surface area contributed by atoms with Gasteiger partial charge in [-0.25, -0.2) is 4.79 Å². The summed E-state index contributed by atoms with van der Waals surface area (Å²) in [5, 5.41) is 3.01. The van der Waals surface area contributed by atoms with Crippen LogP contribution in [0.2, 0.25) is 0 Å². The second kappa shape index (κ2) is 7.67. The van der Waals surface area contributed by atoms with E-state index in [1.165, 1.54) is 5.56 Å². The van der Waals surface area contributed by atoms with E-state index in [2.05, 4.69) is 51.3 Å². The Balaban J connectivity index is 1.94. The molecule has 2 rings (SSSR count). The number of carbonyl (C=O) groups is 1. The molecule has 4 nitrogen and oxygen atoms in total. The highest BCUT2D eigenvalue weighted by Gasteiger charge is 2.27. The highest BCUT2D eigenvalue weighted by Crippen LogP contribution is 2.26. The second-order valence-corrected chi connectivity index (χ2v) is 8.13. The van der Waals surface area contributed by atoms with Crippen molar-refractivity contribution in [2.75, 3.05) is 13.1 Å². The van der Waals surface area contributed by atoms with Crippen LogP contribution in [0.25, 0.3) is 0 Å². The molecule has 1 aromatic rings. The van der Waals surface area contributed by atoms with E-state index in [-0.39, 0.29) is 12.1 Å². The number of nitrogens with zero attached hydrogens (tertiary/aromatic N) is 1. The average Bonchev–Trinajstić information content (AvgIpc) is 2.44. The first-order chi connectivity index (χ1) is 10.7. The lowest BCUT2D eigenvalue weighted by Gasteiger charge is -2.37. The van der Waals surface area contributed by atoms with E-state index in [0.29, 0.717) is 6.04 Å². The van der Waals surface area contributed by atoms with Gasteiger partial charge in [-0.05, 0) is 64.8 Å². The van der Waals surface area contributed by atoms with Gasteiger partial charge in [-0.2, -0.15) is 0 Å². The van der Waals surface area contributed by atoms with Gasteiger partial charge in [-0.3, -0.25) is 4.90 Å². The van der Waals surface area contributed by atoms with Gasteiger partial charge in [-0.1, -0.05) is 28.1 Å². The molecule has 1 saturated heterocycles. The monoisotopic (exact) mass is 382 g/mol. The van der Waals surface area contributed by atoms with E-state index in [9.17, 15) is 4.79 Å². The standard InChI is InChI=1S/C18H27BrN2O2/c1-13(14-7-5-8-15(19)11-14)21-10-6-9-16(12-21)20-17(22)23-18(2,3)4/h5,7-8,11,13,16H,6,9-10,12H2,1-4H3,(H,20,22). The van der Waals surface area contributed by atoms with Crippen molar-refractivity contribution in [1.82, 2.24) is 10.2 Å². The fourth-order valence-corrected chi connectivity index (χ4v) is 3.34. The lowest BCUT2D eigenvalue weighted by molar-refractivity contribution is 0.0458. The zero-order valence-corrected chi connectivity index (χ0v) is 16.0. The highest BCUT2D eigenvalue weighted by molar-refractivity contribution is 9.10. The lowest BCUT2D eigenvalue weighted by atomic mass is 10.0. The van der Waals surface area contributed by atoms with Gasteiger partial charge in [0, 0.05) is 23.1 Å². The average molecular weight is 383 g/mol. The van der Waals surface area contributed by atoms with Gasteiger partial charge in [0.2, 0.25) is 0 Å². The second-order valence-electron chi connectivity index (χ2n) is 7.21. The third-order valence-corrected chi connectivity index (χ3v) is 4.55. The Morgan fingerprint density at radius 3 is 2.83 bits per heavy atom. The highest BCUT2D eigenvalue weighted by atomic mass is 79.9. The lowest BCUT2D eigenvalue weighted by Crippen LogP contribution is -2.49. The molecule has 1 amide bonds. The molecule has 2 atom stereocenters. The maximum atomic E-state index is 12.0. The molecule has 0 spiro atoms. The number of piperidine rings is 1. The molecule has 5 heteroatoms. The van der Waals surface area contributed by atoms with Crippen molar-refractivity contribution in [2.24, 2.45) is 0 Å². The summed E-state index contributed by atoms with van der Waals surface area (Å²) < 4.78 is 6.46. The molecule has 0 saturated carbocycles. The largest absolute Gasteiger partial charge is 0.444 e. The van der Waals surface area contributed by atoms with Gasteiger partial charge < -0.3 is 10.1 Å². The predicted octanol–water partition coefficient (Wildman–Crippen LogP) is 4.50. The summed E-state index contributed by atoms with van der Waals surface area (Å²) in [6.07, 6.45) is 1.76. The number of likely N-dealkylation sites (tertiary alicyclic amines) is 1. The number of carbonyl (C=O) groups excluding carboxylic acids is 1. The van der Waals surface area contributed by atoms with E-state index in [1.54, 1.807) is 0 Å². The summed E-state index contributed by atoms with van der Waals surface area (Å²) in [6, 6.07) is 8.90. The van der Waals surface area contributed by atoms with Crippen molar-refractivity contribution in [3.63, 3.8) is 0 Å². The number of alkyl carbamates (subject to hydrolysis) is 1. The van der Waals surface area contributed by atoms with Crippen LogP contribution in [0.5, 0.6) is 0 Å². The quantitative estimate of drug-likeness (QED) is 0.836. The fourth-order valence-electron chi connectivity index (χ4n) is 2.93. The Hall–Kier alpha value is -1.07. The maximum Gasteiger partial charge on any atom is 0.407 e. The molecule has 23 heavy (non-hydrogen) atoms. The van der Waals surface area contributed by atoms with Gasteiger partial charge in [0.25, 0.3) is 0 Å². The van der Waals surface area contributed by atoms with Crippen LogP contribution in [0, 0.1) is 0 Å². The minimum Gasteiger partial charge on any atom is -0.444 e. The van der Waals surface area contributed by atoms with E-state index in [1.807, 2.05) is 26.8 Å². The molecular formula is C18H27BrN2O2. The van der Waals surface area contributed by atoms with Crippen molar-refractivity contribution < 1.29 is 9.53 Å².